The maximum Gasteiger partial charge on any atom is 0.327 e. The molecule has 20 heavy (non-hydrogen) atoms. The van der Waals surface area contributed by atoms with Crippen LogP contribution in [0.3, 0.4) is 0 Å². The van der Waals surface area contributed by atoms with Gasteiger partial charge in [0.2, 0.25) is 0 Å². The third-order valence-electron chi connectivity index (χ3n) is 2.61. The molecule has 6 nitrogen and oxygen atoms in total. The Morgan fingerprint density at radius 2 is 2.35 bits per heavy atom. The fourth-order valence-corrected chi connectivity index (χ4v) is 2.44. The Labute approximate surface area is 126 Å². The van der Waals surface area contributed by atoms with Crippen LogP contribution in [0.1, 0.15) is 24.1 Å². The van der Waals surface area contributed by atoms with Crippen molar-refractivity contribution in [3.8, 4) is 0 Å². The van der Waals surface area contributed by atoms with Gasteiger partial charge in [-0.05, 0) is 36.6 Å². The van der Waals surface area contributed by atoms with Gasteiger partial charge in [-0.1, -0.05) is 33.2 Å². The summed E-state index contributed by atoms with van der Waals surface area (Å²) < 4.78 is 5.91. The normalized spacial score (nSPS) is 11.6. The second-order valence-corrected chi connectivity index (χ2v) is 4.97. The average Bonchev–Trinajstić information content (AvgIpc) is 2.40. The van der Waals surface area contributed by atoms with Crippen LogP contribution in [0.25, 0.3) is 10.4 Å². The molecule has 0 saturated carbocycles. The number of nitrogens with one attached hydrogen (secondary N) is 1. The number of carbonyl (C=O) groups is 1. The first-order valence-electron chi connectivity index (χ1n) is 6.27. The maximum atomic E-state index is 12.0. The lowest BCUT2D eigenvalue weighted by atomic mass is 10.1. The molecule has 7 heteroatoms. The van der Waals surface area contributed by atoms with Crippen LogP contribution in [-0.2, 0) is 9.53 Å². The molecule has 108 valence electrons. The molecule has 0 heterocycles. The monoisotopic (exact) mass is 340 g/mol. The third kappa shape index (κ3) is 4.85. The highest BCUT2D eigenvalue weighted by molar-refractivity contribution is 9.10. The van der Waals surface area contributed by atoms with Gasteiger partial charge in [-0.15, -0.1) is 0 Å². The number of aryl methyl sites for hydroxylation is 1. The summed E-state index contributed by atoms with van der Waals surface area (Å²) in [5.74, 6) is -0.349. The van der Waals surface area contributed by atoms with E-state index in [9.17, 15) is 4.79 Å². The minimum Gasteiger partial charge on any atom is -0.465 e. The van der Waals surface area contributed by atoms with Crippen LogP contribution in [0.5, 0.6) is 0 Å². The van der Waals surface area contributed by atoms with Gasteiger partial charge >= 0.3 is 5.97 Å². The molecule has 0 aliphatic heterocycles. The molecule has 1 atom stereocenters. The van der Waals surface area contributed by atoms with E-state index in [2.05, 4.69) is 31.3 Å². The van der Waals surface area contributed by atoms with Crippen molar-refractivity contribution >= 4 is 21.9 Å². The highest BCUT2D eigenvalue weighted by Crippen LogP contribution is 2.25. The number of hydrogen-bond donors (Lipinski definition) is 1. The van der Waals surface area contributed by atoms with E-state index in [1.165, 1.54) is 0 Å². The van der Waals surface area contributed by atoms with E-state index in [-0.39, 0.29) is 12.5 Å². The summed E-state index contributed by atoms with van der Waals surface area (Å²) in [6.07, 6.45) is 0. The van der Waals surface area contributed by atoms with Crippen molar-refractivity contribution in [1.82, 2.24) is 5.32 Å². The van der Waals surface area contributed by atoms with Crippen LogP contribution >= 0.6 is 15.9 Å². The van der Waals surface area contributed by atoms with E-state index in [1.54, 1.807) is 6.92 Å². The largest absolute Gasteiger partial charge is 0.465 e. The zero-order valence-corrected chi connectivity index (χ0v) is 13.1. The van der Waals surface area contributed by atoms with E-state index in [0.717, 1.165) is 15.6 Å². The summed E-state index contributed by atoms with van der Waals surface area (Å²) in [6, 6.07) is 5.17. The molecule has 0 spiro atoms. The smallest absolute Gasteiger partial charge is 0.327 e. The molecule has 1 aromatic rings. The number of azide groups is 1. The molecule has 1 N–H and O–H groups in total. The molecular formula is C13H17BrN4O2. The molecule has 0 bridgehead atoms. The Morgan fingerprint density at radius 1 is 1.60 bits per heavy atom. The molecular weight excluding hydrogens is 324 g/mol. The van der Waals surface area contributed by atoms with E-state index in [4.69, 9.17) is 10.3 Å². The van der Waals surface area contributed by atoms with Crippen molar-refractivity contribution in [2.75, 3.05) is 19.7 Å². The van der Waals surface area contributed by atoms with Gasteiger partial charge in [0.05, 0.1) is 6.61 Å². The van der Waals surface area contributed by atoms with Crippen molar-refractivity contribution in [1.29, 1.82) is 0 Å². The van der Waals surface area contributed by atoms with Gasteiger partial charge in [0.25, 0.3) is 0 Å². The zero-order chi connectivity index (χ0) is 15.0. The summed E-state index contributed by atoms with van der Waals surface area (Å²) in [4.78, 5) is 14.7. The van der Waals surface area contributed by atoms with Gasteiger partial charge in [-0.25, -0.2) is 4.79 Å². The average molecular weight is 341 g/mol. The molecule has 0 aliphatic rings. The minimum absolute atomic E-state index is 0.274. The highest BCUT2D eigenvalue weighted by atomic mass is 79.9. The molecule has 0 radical (unpaired) electrons. The SMILES string of the molecule is CCOC(=O)C(NCCN=[N+]=[N-])c1ccc(C)cc1Br. The van der Waals surface area contributed by atoms with Crippen LogP contribution in [0.4, 0.5) is 0 Å². The Balaban J connectivity index is 2.90. The Hall–Kier alpha value is -1.56. The molecule has 0 saturated heterocycles. The number of ether oxygens (including phenoxy) is 1. The van der Waals surface area contributed by atoms with Crippen molar-refractivity contribution in [3.63, 3.8) is 0 Å². The number of carbonyl (C=O) groups excluding carboxylic acids is 1. The number of nitrogens with zero attached hydrogens (tertiary/aromatic N) is 3. The van der Waals surface area contributed by atoms with E-state index in [1.807, 2.05) is 25.1 Å². The minimum atomic E-state index is -0.584. The van der Waals surface area contributed by atoms with Gasteiger partial charge in [0, 0.05) is 22.5 Å². The molecule has 0 aliphatic carbocycles. The van der Waals surface area contributed by atoms with Crippen LogP contribution in [0.15, 0.2) is 27.8 Å². The lowest BCUT2D eigenvalue weighted by Crippen LogP contribution is -2.32. The lowest BCUT2D eigenvalue weighted by Gasteiger charge is -2.18. The van der Waals surface area contributed by atoms with Gasteiger partial charge in [-0.2, -0.15) is 0 Å². The van der Waals surface area contributed by atoms with Crippen LogP contribution in [0, 0.1) is 6.92 Å². The van der Waals surface area contributed by atoms with Crippen molar-refractivity contribution in [3.05, 3.63) is 44.2 Å². The first-order chi connectivity index (χ1) is 9.60. The summed E-state index contributed by atoms with van der Waals surface area (Å²) in [7, 11) is 0. The Bertz CT molecular complexity index is 515. The number of esters is 1. The number of halogens is 1. The second kappa shape index (κ2) is 8.58. The number of hydrogen-bond acceptors (Lipinski definition) is 4. The molecule has 0 fully saturated rings. The fraction of sp³-hybridized carbons (Fsp3) is 0.462. The van der Waals surface area contributed by atoms with E-state index < -0.39 is 6.04 Å². The molecule has 0 aromatic heterocycles. The van der Waals surface area contributed by atoms with Gasteiger partial charge in [-0.3, -0.25) is 0 Å². The molecule has 0 amide bonds. The van der Waals surface area contributed by atoms with E-state index >= 15 is 0 Å². The summed E-state index contributed by atoms with van der Waals surface area (Å²) in [6.45, 7) is 4.72. The van der Waals surface area contributed by atoms with Crippen LogP contribution in [0.2, 0.25) is 0 Å². The predicted molar refractivity (Wildman–Crippen MR) is 80.3 cm³/mol. The number of benzene rings is 1. The topological polar surface area (TPSA) is 87.1 Å². The molecule has 1 aromatic carbocycles. The van der Waals surface area contributed by atoms with Crippen molar-refractivity contribution in [2.45, 2.75) is 19.9 Å². The van der Waals surface area contributed by atoms with Crippen molar-refractivity contribution in [2.24, 2.45) is 5.11 Å². The summed E-state index contributed by atoms with van der Waals surface area (Å²) in [5, 5.41) is 6.48. The van der Waals surface area contributed by atoms with Gasteiger partial charge in [0.1, 0.15) is 6.04 Å². The Kier molecular flexibility index (Phi) is 7.08. The fourth-order valence-electron chi connectivity index (χ4n) is 1.72. The Morgan fingerprint density at radius 3 is 2.95 bits per heavy atom. The third-order valence-corrected chi connectivity index (χ3v) is 3.30. The van der Waals surface area contributed by atoms with Crippen LogP contribution in [-0.4, -0.2) is 25.7 Å². The zero-order valence-electron chi connectivity index (χ0n) is 11.5. The molecule has 1 unspecified atom stereocenters. The van der Waals surface area contributed by atoms with E-state index in [0.29, 0.717) is 13.2 Å². The second-order valence-electron chi connectivity index (χ2n) is 4.12. The quantitative estimate of drug-likeness (QED) is 0.271. The summed E-state index contributed by atoms with van der Waals surface area (Å²) >= 11 is 3.46. The highest BCUT2D eigenvalue weighted by Gasteiger charge is 2.23. The first-order valence-corrected chi connectivity index (χ1v) is 7.06. The van der Waals surface area contributed by atoms with Gasteiger partial charge in [0.15, 0.2) is 0 Å². The van der Waals surface area contributed by atoms with Gasteiger partial charge < -0.3 is 10.1 Å². The maximum absolute atomic E-state index is 12.0. The number of rotatable bonds is 7. The van der Waals surface area contributed by atoms with Crippen LogP contribution < -0.4 is 5.32 Å². The lowest BCUT2D eigenvalue weighted by molar-refractivity contribution is -0.145. The predicted octanol–water partition coefficient (Wildman–Crippen LogP) is 3.26. The van der Waals surface area contributed by atoms with Crippen molar-refractivity contribution < 1.29 is 9.53 Å². The standard InChI is InChI=1S/C13H17BrN4O2/c1-3-20-13(19)12(16-6-7-17-18-15)10-5-4-9(2)8-11(10)14/h4-5,8,12,16H,3,6-7H2,1-2H3. The molecule has 1 rings (SSSR count). The summed E-state index contributed by atoms with van der Waals surface area (Å²) in [5.41, 5.74) is 10.1. The first kappa shape index (κ1) is 16.5.